The van der Waals surface area contributed by atoms with Crippen molar-refractivity contribution in [3.63, 3.8) is 0 Å². The van der Waals surface area contributed by atoms with Crippen molar-refractivity contribution in [1.82, 2.24) is 5.32 Å². The third-order valence-electron chi connectivity index (χ3n) is 2.38. The van der Waals surface area contributed by atoms with Crippen molar-refractivity contribution < 1.29 is 4.79 Å². The Kier molecular flexibility index (Phi) is 5.94. The molecule has 0 radical (unpaired) electrons. The van der Waals surface area contributed by atoms with Crippen molar-refractivity contribution in [2.45, 2.75) is 46.5 Å². The Bertz CT molecular complexity index is 216. The second kappa shape index (κ2) is 6.42. The molecule has 1 N–H and O–H groups in total. The van der Waals surface area contributed by atoms with Crippen LogP contribution in [0.25, 0.3) is 0 Å². The fourth-order valence-electron chi connectivity index (χ4n) is 1.02. The van der Waals surface area contributed by atoms with Gasteiger partial charge in [-0.15, -0.1) is 0 Å². The lowest BCUT2D eigenvalue weighted by Gasteiger charge is -2.21. The standard InChI is InChI=1S/C11H20N2O/c1-4-11(2,3)9-10(14)13-8-6-5-7-12/h4-6,8-9H2,1-3H3,(H,13,14). The van der Waals surface area contributed by atoms with E-state index in [1.54, 1.807) is 0 Å². The van der Waals surface area contributed by atoms with Gasteiger partial charge in [-0.05, 0) is 11.8 Å². The number of carbonyl (C=O) groups excluding carboxylic acids is 1. The van der Waals surface area contributed by atoms with E-state index in [2.05, 4.69) is 26.1 Å². The topological polar surface area (TPSA) is 52.9 Å². The number of rotatable bonds is 6. The van der Waals surface area contributed by atoms with Gasteiger partial charge in [0.15, 0.2) is 0 Å². The highest BCUT2D eigenvalue weighted by molar-refractivity contribution is 5.76. The Morgan fingerprint density at radius 3 is 2.64 bits per heavy atom. The molecule has 1 amide bonds. The Hall–Kier alpha value is -1.04. The van der Waals surface area contributed by atoms with Crippen molar-refractivity contribution in [2.24, 2.45) is 5.41 Å². The van der Waals surface area contributed by atoms with E-state index >= 15 is 0 Å². The summed E-state index contributed by atoms with van der Waals surface area (Å²) in [6.45, 7) is 6.87. The minimum atomic E-state index is 0.0827. The molecule has 0 saturated heterocycles. The van der Waals surface area contributed by atoms with E-state index in [0.717, 1.165) is 12.8 Å². The lowest BCUT2D eigenvalue weighted by molar-refractivity contribution is -0.123. The number of hydrogen-bond donors (Lipinski definition) is 1. The van der Waals surface area contributed by atoms with Gasteiger partial charge >= 0.3 is 0 Å². The van der Waals surface area contributed by atoms with Gasteiger partial charge in [0.05, 0.1) is 6.07 Å². The van der Waals surface area contributed by atoms with Crippen LogP contribution in [0, 0.1) is 16.7 Å². The third kappa shape index (κ3) is 6.47. The van der Waals surface area contributed by atoms with Crippen molar-refractivity contribution in [2.75, 3.05) is 6.54 Å². The lowest BCUT2D eigenvalue weighted by atomic mass is 9.86. The van der Waals surface area contributed by atoms with Crippen molar-refractivity contribution >= 4 is 5.91 Å². The molecule has 0 saturated carbocycles. The van der Waals surface area contributed by atoms with Gasteiger partial charge in [0.2, 0.25) is 5.91 Å². The van der Waals surface area contributed by atoms with Gasteiger partial charge in [0.25, 0.3) is 0 Å². The highest BCUT2D eigenvalue weighted by Gasteiger charge is 2.18. The van der Waals surface area contributed by atoms with Crippen molar-refractivity contribution in [3.05, 3.63) is 0 Å². The average molecular weight is 196 g/mol. The quantitative estimate of drug-likeness (QED) is 0.662. The maximum Gasteiger partial charge on any atom is 0.220 e. The molecule has 0 atom stereocenters. The van der Waals surface area contributed by atoms with Gasteiger partial charge in [-0.2, -0.15) is 5.26 Å². The van der Waals surface area contributed by atoms with Crippen LogP contribution in [0.2, 0.25) is 0 Å². The van der Waals surface area contributed by atoms with Crippen molar-refractivity contribution in [3.8, 4) is 6.07 Å². The number of unbranched alkanes of at least 4 members (excludes halogenated alkanes) is 1. The van der Waals surface area contributed by atoms with Crippen LogP contribution in [-0.4, -0.2) is 12.5 Å². The summed E-state index contributed by atoms with van der Waals surface area (Å²) in [4.78, 5) is 11.4. The first-order valence-corrected chi connectivity index (χ1v) is 5.15. The summed E-state index contributed by atoms with van der Waals surface area (Å²) in [5, 5.41) is 11.1. The van der Waals surface area contributed by atoms with E-state index in [1.807, 2.05) is 6.07 Å². The molecule has 0 aliphatic heterocycles. The molecule has 0 spiro atoms. The largest absolute Gasteiger partial charge is 0.356 e. The minimum Gasteiger partial charge on any atom is -0.356 e. The SMILES string of the molecule is CCC(C)(C)CC(=O)NCCCC#N. The number of nitrogens with zero attached hydrogens (tertiary/aromatic N) is 1. The summed E-state index contributed by atoms with van der Waals surface area (Å²) < 4.78 is 0. The normalized spacial score (nSPS) is 10.7. The van der Waals surface area contributed by atoms with E-state index in [-0.39, 0.29) is 11.3 Å². The molecular weight excluding hydrogens is 176 g/mol. The van der Waals surface area contributed by atoms with E-state index in [9.17, 15) is 4.79 Å². The minimum absolute atomic E-state index is 0.0827. The van der Waals surface area contributed by atoms with Gasteiger partial charge < -0.3 is 5.32 Å². The molecule has 14 heavy (non-hydrogen) atoms. The number of carbonyl (C=O) groups is 1. The molecule has 3 nitrogen and oxygen atoms in total. The summed E-state index contributed by atoms with van der Waals surface area (Å²) in [5.41, 5.74) is 0.0827. The van der Waals surface area contributed by atoms with Crippen LogP contribution >= 0.6 is 0 Å². The van der Waals surface area contributed by atoms with E-state index in [4.69, 9.17) is 5.26 Å². The molecule has 0 bridgehead atoms. The molecule has 0 aliphatic rings. The second-order valence-electron chi connectivity index (χ2n) is 4.31. The van der Waals surface area contributed by atoms with Gasteiger partial charge in [-0.25, -0.2) is 0 Å². The van der Waals surface area contributed by atoms with E-state index in [1.165, 1.54) is 0 Å². The van der Waals surface area contributed by atoms with Gasteiger partial charge in [-0.3, -0.25) is 4.79 Å². The predicted molar refractivity (Wildman–Crippen MR) is 56.5 cm³/mol. The zero-order chi connectivity index (χ0) is 11.0. The van der Waals surface area contributed by atoms with Crippen LogP contribution in [0.4, 0.5) is 0 Å². The smallest absolute Gasteiger partial charge is 0.220 e. The van der Waals surface area contributed by atoms with Gasteiger partial charge in [0.1, 0.15) is 0 Å². The molecule has 0 aromatic carbocycles. The van der Waals surface area contributed by atoms with Crippen LogP contribution in [0.15, 0.2) is 0 Å². The Morgan fingerprint density at radius 1 is 1.50 bits per heavy atom. The predicted octanol–water partition coefficient (Wildman–Crippen LogP) is 2.23. The first-order chi connectivity index (χ1) is 6.52. The molecule has 80 valence electrons. The number of hydrogen-bond acceptors (Lipinski definition) is 2. The fraction of sp³-hybridized carbons (Fsp3) is 0.818. The van der Waals surface area contributed by atoms with Crippen LogP contribution < -0.4 is 5.32 Å². The Morgan fingerprint density at radius 2 is 2.14 bits per heavy atom. The van der Waals surface area contributed by atoms with Crippen LogP contribution in [0.5, 0.6) is 0 Å². The molecule has 0 fully saturated rings. The van der Waals surface area contributed by atoms with Crippen LogP contribution in [0.3, 0.4) is 0 Å². The Balaban J connectivity index is 3.62. The number of amides is 1. The third-order valence-corrected chi connectivity index (χ3v) is 2.38. The summed E-state index contributed by atoms with van der Waals surface area (Å²) in [6.07, 6.45) is 2.82. The summed E-state index contributed by atoms with van der Waals surface area (Å²) >= 11 is 0. The van der Waals surface area contributed by atoms with E-state index < -0.39 is 0 Å². The first-order valence-electron chi connectivity index (χ1n) is 5.15. The zero-order valence-corrected chi connectivity index (χ0v) is 9.39. The molecule has 0 aromatic rings. The average Bonchev–Trinajstić information content (AvgIpc) is 2.12. The highest BCUT2D eigenvalue weighted by Crippen LogP contribution is 2.23. The summed E-state index contributed by atoms with van der Waals surface area (Å²) in [5.74, 6) is 0.0924. The lowest BCUT2D eigenvalue weighted by Crippen LogP contribution is -2.29. The summed E-state index contributed by atoms with van der Waals surface area (Å²) in [7, 11) is 0. The maximum absolute atomic E-state index is 11.4. The van der Waals surface area contributed by atoms with Crippen LogP contribution in [-0.2, 0) is 4.79 Å². The monoisotopic (exact) mass is 196 g/mol. The molecule has 0 heterocycles. The zero-order valence-electron chi connectivity index (χ0n) is 9.39. The molecule has 0 rings (SSSR count). The van der Waals surface area contributed by atoms with E-state index in [0.29, 0.717) is 19.4 Å². The molecule has 0 unspecified atom stereocenters. The second-order valence-corrected chi connectivity index (χ2v) is 4.31. The number of nitriles is 1. The summed E-state index contributed by atoms with van der Waals surface area (Å²) in [6, 6.07) is 2.05. The first kappa shape index (κ1) is 13.0. The highest BCUT2D eigenvalue weighted by atomic mass is 16.1. The molecule has 0 aliphatic carbocycles. The molecule has 0 aromatic heterocycles. The molecule has 3 heteroatoms. The number of nitrogens with one attached hydrogen (secondary N) is 1. The van der Waals surface area contributed by atoms with Gasteiger partial charge in [-0.1, -0.05) is 27.2 Å². The van der Waals surface area contributed by atoms with Crippen LogP contribution in [0.1, 0.15) is 46.5 Å². The maximum atomic E-state index is 11.4. The Labute approximate surface area is 86.5 Å². The molecular formula is C11H20N2O. The van der Waals surface area contributed by atoms with Crippen molar-refractivity contribution in [1.29, 1.82) is 5.26 Å². The fourth-order valence-corrected chi connectivity index (χ4v) is 1.02. The van der Waals surface area contributed by atoms with Gasteiger partial charge in [0, 0.05) is 19.4 Å².